The van der Waals surface area contributed by atoms with E-state index in [2.05, 4.69) is 5.32 Å². The predicted octanol–water partition coefficient (Wildman–Crippen LogP) is 1.78. The lowest BCUT2D eigenvalue weighted by Crippen LogP contribution is -2.29. The molecule has 1 aromatic rings. The van der Waals surface area contributed by atoms with Gasteiger partial charge in [-0.05, 0) is 19.9 Å². The molecule has 1 atom stereocenters. The second kappa shape index (κ2) is 8.05. The summed E-state index contributed by atoms with van der Waals surface area (Å²) < 4.78 is 5.20. The van der Waals surface area contributed by atoms with E-state index < -0.39 is 35.1 Å². The first kappa shape index (κ1) is 20.2. The molecule has 0 heterocycles. The molecule has 1 amide bonds. The van der Waals surface area contributed by atoms with Gasteiger partial charge in [-0.25, -0.2) is 4.79 Å². The summed E-state index contributed by atoms with van der Waals surface area (Å²) in [6.45, 7) is 2.96. The quantitative estimate of drug-likeness (QED) is 0.381. The van der Waals surface area contributed by atoms with Crippen LogP contribution in [0.3, 0.4) is 0 Å². The van der Waals surface area contributed by atoms with Crippen molar-refractivity contribution < 1.29 is 34.1 Å². The van der Waals surface area contributed by atoms with E-state index in [9.17, 15) is 29.4 Å². The largest absolute Gasteiger partial charge is 0.507 e. The van der Waals surface area contributed by atoms with Crippen molar-refractivity contribution in [3.63, 3.8) is 0 Å². The molecule has 1 aromatic carbocycles. The maximum absolute atomic E-state index is 12.4. The molecule has 0 radical (unpaired) electrons. The number of nitrogens with one attached hydrogen (secondary N) is 1. The van der Waals surface area contributed by atoms with Gasteiger partial charge in [0, 0.05) is 29.7 Å². The lowest BCUT2D eigenvalue weighted by molar-refractivity contribution is -0.117. The Hall–Kier alpha value is -3.13. The molecule has 1 unspecified atom stereocenters. The summed E-state index contributed by atoms with van der Waals surface area (Å²) >= 11 is 5.72. The zero-order valence-electron chi connectivity index (χ0n) is 14.4. The SMILES string of the molecule is CC1=C(CC(C)OC(=O)c2cc(Cl)c(O)cc2O)C(=O)C(NC=O)=CC1=O. The number of rotatable bonds is 6. The molecule has 0 fully saturated rings. The first-order valence-corrected chi connectivity index (χ1v) is 8.16. The summed E-state index contributed by atoms with van der Waals surface area (Å²) in [4.78, 5) is 47.1. The van der Waals surface area contributed by atoms with E-state index in [0.29, 0.717) is 0 Å². The molecular weight excluding hydrogens is 378 g/mol. The second-order valence-electron chi connectivity index (χ2n) is 5.86. The van der Waals surface area contributed by atoms with E-state index in [-0.39, 0.29) is 40.3 Å². The zero-order valence-corrected chi connectivity index (χ0v) is 15.2. The number of phenols is 2. The number of carbonyl (C=O) groups excluding carboxylic acids is 4. The lowest BCUT2D eigenvalue weighted by Gasteiger charge is -2.20. The third kappa shape index (κ3) is 4.35. The Morgan fingerprint density at radius 1 is 1.30 bits per heavy atom. The molecule has 0 bridgehead atoms. The van der Waals surface area contributed by atoms with E-state index in [4.69, 9.17) is 16.3 Å². The van der Waals surface area contributed by atoms with Crippen molar-refractivity contribution in [2.45, 2.75) is 26.4 Å². The average Bonchev–Trinajstić information content (AvgIpc) is 2.59. The second-order valence-corrected chi connectivity index (χ2v) is 6.27. The average molecular weight is 394 g/mol. The standard InChI is InChI=1S/C18H16ClNO7/c1-8(27-18(26)11-4-12(19)16(24)6-15(11)23)3-10-9(2)14(22)5-13(17(10)25)20-7-21/h4-8,23-24H,3H2,1-2H3,(H,20,21). The van der Waals surface area contributed by atoms with Gasteiger partial charge in [0.15, 0.2) is 5.78 Å². The molecule has 27 heavy (non-hydrogen) atoms. The Bertz CT molecular complexity index is 901. The number of aromatic hydroxyl groups is 2. The topological polar surface area (TPSA) is 130 Å². The van der Waals surface area contributed by atoms with Gasteiger partial charge in [-0.2, -0.15) is 0 Å². The van der Waals surface area contributed by atoms with Crippen LogP contribution in [0.15, 0.2) is 35.1 Å². The van der Waals surface area contributed by atoms with Crippen LogP contribution in [0.4, 0.5) is 0 Å². The molecular formula is C18H16ClNO7. The van der Waals surface area contributed by atoms with Crippen LogP contribution in [0.1, 0.15) is 30.6 Å². The molecule has 9 heteroatoms. The van der Waals surface area contributed by atoms with E-state index >= 15 is 0 Å². The fraction of sp³-hybridized carbons (Fsp3) is 0.222. The van der Waals surface area contributed by atoms with E-state index in [0.717, 1.165) is 18.2 Å². The number of hydrogen-bond donors (Lipinski definition) is 3. The number of halogens is 1. The number of phenolic OH excluding ortho intramolecular Hbond substituents is 2. The summed E-state index contributed by atoms with van der Waals surface area (Å²) in [5, 5.41) is 21.2. The van der Waals surface area contributed by atoms with Crippen molar-refractivity contribution in [1.29, 1.82) is 0 Å². The summed E-state index contributed by atoms with van der Waals surface area (Å²) in [5.74, 6) is -2.81. The number of amides is 1. The molecule has 2 rings (SSSR count). The van der Waals surface area contributed by atoms with Crippen LogP contribution in [-0.4, -0.2) is 40.3 Å². The minimum Gasteiger partial charge on any atom is -0.507 e. The molecule has 0 aromatic heterocycles. The van der Waals surface area contributed by atoms with Crippen molar-refractivity contribution >= 4 is 35.5 Å². The summed E-state index contributed by atoms with van der Waals surface area (Å²) in [6.07, 6.45) is 0.410. The number of ketones is 2. The Morgan fingerprint density at radius 2 is 1.96 bits per heavy atom. The van der Waals surface area contributed by atoms with E-state index in [1.165, 1.54) is 13.8 Å². The van der Waals surface area contributed by atoms with Crippen LogP contribution in [0.5, 0.6) is 11.5 Å². The third-order valence-electron chi connectivity index (χ3n) is 3.92. The predicted molar refractivity (Wildman–Crippen MR) is 94.3 cm³/mol. The van der Waals surface area contributed by atoms with Gasteiger partial charge in [-0.3, -0.25) is 14.4 Å². The van der Waals surface area contributed by atoms with E-state index in [1.54, 1.807) is 0 Å². The highest BCUT2D eigenvalue weighted by Crippen LogP contribution is 2.32. The van der Waals surface area contributed by atoms with Crippen molar-refractivity contribution in [3.05, 3.63) is 45.6 Å². The monoisotopic (exact) mass is 393 g/mol. The molecule has 1 aliphatic carbocycles. The summed E-state index contributed by atoms with van der Waals surface area (Å²) in [5.41, 5.74) is -0.114. The van der Waals surface area contributed by atoms with Gasteiger partial charge in [0.25, 0.3) is 0 Å². The normalized spacial score (nSPS) is 15.3. The van der Waals surface area contributed by atoms with Gasteiger partial charge in [-0.15, -0.1) is 0 Å². The van der Waals surface area contributed by atoms with Crippen LogP contribution in [0, 0.1) is 0 Å². The van der Waals surface area contributed by atoms with Gasteiger partial charge >= 0.3 is 5.97 Å². The van der Waals surface area contributed by atoms with E-state index in [1.807, 2.05) is 0 Å². The number of allylic oxidation sites excluding steroid dienone is 3. The number of esters is 1. The molecule has 142 valence electrons. The number of ether oxygens (including phenoxy) is 1. The van der Waals surface area contributed by atoms with Crippen LogP contribution in [0.2, 0.25) is 5.02 Å². The Labute approximate surface area is 159 Å². The molecule has 0 spiro atoms. The van der Waals surface area contributed by atoms with Gasteiger partial charge in [0.2, 0.25) is 12.2 Å². The number of Topliss-reactive ketones (excluding diaryl/α,β-unsaturated/α-hetero) is 1. The molecule has 3 N–H and O–H groups in total. The lowest BCUT2D eigenvalue weighted by atomic mass is 9.90. The zero-order chi connectivity index (χ0) is 20.3. The van der Waals surface area contributed by atoms with Crippen molar-refractivity contribution in [1.82, 2.24) is 5.32 Å². The molecule has 8 nitrogen and oxygen atoms in total. The molecule has 0 saturated carbocycles. The fourth-order valence-electron chi connectivity index (χ4n) is 2.49. The van der Waals surface area contributed by atoms with Gasteiger partial charge in [-0.1, -0.05) is 11.6 Å². The fourth-order valence-corrected chi connectivity index (χ4v) is 2.66. The van der Waals surface area contributed by atoms with Crippen LogP contribution >= 0.6 is 11.6 Å². The first-order chi connectivity index (χ1) is 12.6. The first-order valence-electron chi connectivity index (χ1n) is 7.78. The minimum atomic E-state index is -0.920. The highest BCUT2D eigenvalue weighted by Gasteiger charge is 2.28. The van der Waals surface area contributed by atoms with Crippen molar-refractivity contribution in [2.24, 2.45) is 0 Å². The number of hydrogen-bond acceptors (Lipinski definition) is 7. The minimum absolute atomic E-state index is 0.0768. The smallest absolute Gasteiger partial charge is 0.342 e. The third-order valence-corrected chi connectivity index (χ3v) is 4.22. The summed E-state index contributed by atoms with van der Waals surface area (Å²) in [6, 6.07) is 1.96. The molecule has 0 saturated heterocycles. The summed E-state index contributed by atoms with van der Waals surface area (Å²) in [7, 11) is 0. The van der Waals surface area contributed by atoms with Crippen molar-refractivity contribution in [3.8, 4) is 11.5 Å². The Balaban J connectivity index is 2.16. The van der Waals surface area contributed by atoms with Crippen LogP contribution in [-0.2, 0) is 19.1 Å². The van der Waals surface area contributed by atoms with Gasteiger partial charge in [0.05, 0.1) is 10.7 Å². The Morgan fingerprint density at radius 3 is 2.59 bits per heavy atom. The molecule has 1 aliphatic rings. The number of benzene rings is 1. The van der Waals surface area contributed by atoms with Gasteiger partial charge < -0.3 is 20.3 Å². The van der Waals surface area contributed by atoms with Crippen LogP contribution in [0.25, 0.3) is 0 Å². The molecule has 0 aliphatic heterocycles. The van der Waals surface area contributed by atoms with Crippen molar-refractivity contribution in [2.75, 3.05) is 0 Å². The van der Waals surface area contributed by atoms with Gasteiger partial charge in [0.1, 0.15) is 23.2 Å². The highest BCUT2D eigenvalue weighted by atomic mass is 35.5. The Kier molecular flexibility index (Phi) is 6.02. The maximum atomic E-state index is 12.4. The van der Waals surface area contributed by atoms with Crippen LogP contribution < -0.4 is 5.32 Å². The highest BCUT2D eigenvalue weighted by molar-refractivity contribution is 6.32. The maximum Gasteiger partial charge on any atom is 0.342 e. The number of carbonyl (C=O) groups is 4.